The van der Waals surface area contributed by atoms with Gasteiger partial charge in [-0.1, -0.05) is 48.5 Å². The van der Waals surface area contributed by atoms with Gasteiger partial charge in [0.15, 0.2) is 0 Å². The molecule has 5 heteroatoms. The van der Waals surface area contributed by atoms with Gasteiger partial charge in [-0.05, 0) is 29.7 Å². The molecule has 0 radical (unpaired) electrons. The Balaban J connectivity index is 1.89. The van der Waals surface area contributed by atoms with Crippen LogP contribution in [0.15, 0.2) is 72.0 Å². The van der Waals surface area contributed by atoms with Crippen LogP contribution in [0.2, 0.25) is 0 Å². The van der Waals surface area contributed by atoms with Crippen LogP contribution >= 0.6 is 11.6 Å². The third-order valence-corrected chi connectivity index (χ3v) is 4.32. The van der Waals surface area contributed by atoms with Crippen molar-refractivity contribution in [2.45, 2.75) is 19.3 Å². The van der Waals surface area contributed by atoms with E-state index in [4.69, 9.17) is 11.6 Å². The number of halogens is 1. The number of pyridine rings is 1. The van der Waals surface area contributed by atoms with E-state index in [1.807, 2.05) is 54.6 Å². The van der Waals surface area contributed by atoms with Crippen molar-refractivity contribution in [1.82, 2.24) is 10.4 Å². The highest BCUT2D eigenvalue weighted by molar-refractivity contribution is 6.17. The minimum Gasteiger partial charge on any atom is -0.273 e. The van der Waals surface area contributed by atoms with Crippen LogP contribution in [-0.2, 0) is 11.2 Å². The minimum atomic E-state index is -0.126. The molecule has 2 aromatic carbocycles. The summed E-state index contributed by atoms with van der Waals surface area (Å²) < 4.78 is 0. The summed E-state index contributed by atoms with van der Waals surface area (Å²) in [6.45, 7) is 0. The smallest absolute Gasteiger partial charge is 0.240 e. The summed E-state index contributed by atoms with van der Waals surface area (Å²) >= 11 is 5.65. The molecule has 0 unspecified atom stereocenters. The highest BCUT2D eigenvalue weighted by atomic mass is 35.5. The predicted molar refractivity (Wildman–Crippen MR) is 107 cm³/mol. The second-order valence-electron chi connectivity index (χ2n) is 5.92. The summed E-state index contributed by atoms with van der Waals surface area (Å²) in [5.41, 5.74) is 6.51. The molecule has 26 heavy (non-hydrogen) atoms. The number of para-hydroxylation sites is 1. The topological polar surface area (TPSA) is 54.4 Å². The molecule has 0 aliphatic carbocycles. The maximum Gasteiger partial charge on any atom is 0.240 e. The van der Waals surface area contributed by atoms with Crippen molar-refractivity contribution < 1.29 is 4.79 Å². The van der Waals surface area contributed by atoms with E-state index in [0.29, 0.717) is 25.1 Å². The van der Waals surface area contributed by atoms with Crippen LogP contribution in [0.3, 0.4) is 0 Å². The van der Waals surface area contributed by atoms with Crippen LogP contribution in [0.4, 0.5) is 0 Å². The Bertz CT molecular complexity index is 904. The van der Waals surface area contributed by atoms with E-state index in [0.717, 1.165) is 27.7 Å². The number of hydrazone groups is 1. The highest BCUT2D eigenvalue weighted by Crippen LogP contribution is 2.18. The lowest BCUT2D eigenvalue weighted by atomic mass is 9.99. The number of benzene rings is 2. The Kier molecular flexibility index (Phi) is 6.34. The number of nitrogens with one attached hydrogen (secondary N) is 1. The standard InChI is InChI=1S/C21H20ClN3O/c22-13-6-11-21(26)25-24-20(16-7-2-1-3-8-16)15-17-12-14-23-19-10-5-4-9-18(17)19/h1-5,7-10,12,14H,6,11,13,15H2,(H,25,26). The van der Waals surface area contributed by atoms with Crippen LogP contribution in [0.1, 0.15) is 24.0 Å². The van der Waals surface area contributed by atoms with E-state index >= 15 is 0 Å². The molecule has 0 aliphatic rings. The Morgan fingerprint density at radius 3 is 2.62 bits per heavy atom. The van der Waals surface area contributed by atoms with Crippen LogP contribution in [0, 0.1) is 0 Å². The van der Waals surface area contributed by atoms with Gasteiger partial charge < -0.3 is 0 Å². The number of aromatic nitrogens is 1. The van der Waals surface area contributed by atoms with Gasteiger partial charge in [0.25, 0.3) is 0 Å². The molecule has 3 aromatic rings. The van der Waals surface area contributed by atoms with Crippen molar-refractivity contribution in [3.63, 3.8) is 0 Å². The summed E-state index contributed by atoms with van der Waals surface area (Å²) in [7, 11) is 0. The van der Waals surface area contributed by atoms with Crippen LogP contribution < -0.4 is 5.43 Å². The summed E-state index contributed by atoms with van der Waals surface area (Å²) in [5, 5.41) is 5.49. The molecular formula is C21H20ClN3O. The first-order chi connectivity index (χ1) is 12.8. The summed E-state index contributed by atoms with van der Waals surface area (Å²) in [6, 6.07) is 19.9. The Morgan fingerprint density at radius 1 is 1.04 bits per heavy atom. The molecule has 1 heterocycles. The van der Waals surface area contributed by atoms with Gasteiger partial charge in [0.05, 0.1) is 11.2 Å². The van der Waals surface area contributed by atoms with Gasteiger partial charge in [-0.25, -0.2) is 5.43 Å². The van der Waals surface area contributed by atoms with E-state index in [9.17, 15) is 4.79 Å². The number of rotatable bonds is 7. The van der Waals surface area contributed by atoms with Gasteiger partial charge in [-0.3, -0.25) is 9.78 Å². The number of alkyl halides is 1. The predicted octanol–water partition coefficient (Wildman–Crippen LogP) is 4.32. The second kappa shape index (κ2) is 9.11. The summed E-state index contributed by atoms with van der Waals surface area (Å²) in [4.78, 5) is 16.3. The van der Waals surface area contributed by atoms with Crippen molar-refractivity contribution in [1.29, 1.82) is 0 Å². The lowest BCUT2D eigenvalue weighted by molar-refractivity contribution is -0.121. The first-order valence-electron chi connectivity index (χ1n) is 8.57. The van der Waals surface area contributed by atoms with Crippen molar-refractivity contribution in [3.8, 4) is 0 Å². The summed E-state index contributed by atoms with van der Waals surface area (Å²) in [6.07, 6.45) is 3.41. The Hall–Kier alpha value is -2.72. The average molecular weight is 366 g/mol. The molecule has 0 saturated carbocycles. The van der Waals surface area contributed by atoms with E-state index < -0.39 is 0 Å². The monoisotopic (exact) mass is 365 g/mol. The van der Waals surface area contributed by atoms with E-state index in [2.05, 4.69) is 21.6 Å². The zero-order chi connectivity index (χ0) is 18.2. The molecule has 132 valence electrons. The van der Waals surface area contributed by atoms with Crippen LogP contribution in [0.5, 0.6) is 0 Å². The molecule has 1 amide bonds. The normalized spacial score (nSPS) is 11.5. The second-order valence-corrected chi connectivity index (χ2v) is 6.29. The molecule has 0 bridgehead atoms. The maximum atomic E-state index is 11.9. The number of carbonyl (C=O) groups excluding carboxylic acids is 1. The highest BCUT2D eigenvalue weighted by Gasteiger charge is 2.09. The van der Waals surface area contributed by atoms with Gasteiger partial charge in [0.2, 0.25) is 5.91 Å². The average Bonchev–Trinajstić information content (AvgIpc) is 2.70. The lowest BCUT2D eigenvalue weighted by Gasteiger charge is -2.10. The fourth-order valence-electron chi connectivity index (χ4n) is 2.74. The lowest BCUT2D eigenvalue weighted by Crippen LogP contribution is -2.21. The third kappa shape index (κ3) is 4.67. The van der Waals surface area contributed by atoms with E-state index in [1.54, 1.807) is 6.20 Å². The largest absolute Gasteiger partial charge is 0.273 e. The van der Waals surface area contributed by atoms with Gasteiger partial charge in [0, 0.05) is 30.3 Å². The molecule has 1 N–H and O–H groups in total. The number of carbonyl (C=O) groups is 1. The van der Waals surface area contributed by atoms with Gasteiger partial charge in [-0.15, -0.1) is 11.6 Å². The van der Waals surface area contributed by atoms with Crippen LogP contribution in [0.25, 0.3) is 10.9 Å². The van der Waals surface area contributed by atoms with Gasteiger partial charge >= 0.3 is 0 Å². The quantitative estimate of drug-likeness (QED) is 0.385. The van der Waals surface area contributed by atoms with Gasteiger partial charge in [-0.2, -0.15) is 5.10 Å². The SMILES string of the molecule is O=C(CCCCl)NN=C(Cc1ccnc2ccccc12)c1ccccc1. The number of amides is 1. The zero-order valence-corrected chi connectivity index (χ0v) is 15.1. The minimum absolute atomic E-state index is 0.126. The molecule has 0 atom stereocenters. The number of hydrogen-bond donors (Lipinski definition) is 1. The number of hydrogen-bond acceptors (Lipinski definition) is 3. The first kappa shape index (κ1) is 18.1. The fraction of sp³-hybridized carbons (Fsp3) is 0.190. The van der Waals surface area contributed by atoms with E-state index in [-0.39, 0.29) is 5.91 Å². The first-order valence-corrected chi connectivity index (χ1v) is 9.11. The molecular weight excluding hydrogens is 346 g/mol. The maximum absolute atomic E-state index is 11.9. The number of fused-ring (bicyclic) bond motifs is 1. The van der Waals surface area contributed by atoms with Crippen molar-refractivity contribution >= 4 is 34.1 Å². The molecule has 0 spiro atoms. The molecule has 0 saturated heterocycles. The van der Waals surface area contributed by atoms with Crippen molar-refractivity contribution in [2.75, 3.05) is 5.88 Å². The fourth-order valence-corrected chi connectivity index (χ4v) is 2.87. The molecule has 0 fully saturated rings. The molecule has 0 aliphatic heterocycles. The molecule has 1 aromatic heterocycles. The molecule has 4 nitrogen and oxygen atoms in total. The Labute approximate surface area is 157 Å². The van der Waals surface area contributed by atoms with Crippen molar-refractivity contribution in [2.24, 2.45) is 5.10 Å². The third-order valence-electron chi connectivity index (χ3n) is 4.06. The van der Waals surface area contributed by atoms with E-state index in [1.165, 1.54) is 0 Å². The van der Waals surface area contributed by atoms with Crippen LogP contribution in [-0.4, -0.2) is 22.5 Å². The molecule has 3 rings (SSSR count). The Morgan fingerprint density at radius 2 is 1.81 bits per heavy atom. The van der Waals surface area contributed by atoms with Gasteiger partial charge in [0.1, 0.15) is 0 Å². The number of nitrogens with zero attached hydrogens (tertiary/aromatic N) is 2. The van der Waals surface area contributed by atoms with Crippen molar-refractivity contribution in [3.05, 3.63) is 78.0 Å². The summed E-state index contributed by atoms with van der Waals surface area (Å²) in [5.74, 6) is 0.338. The zero-order valence-electron chi connectivity index (χ0n) is 14.4.